The van der Waals surface area contributed by atoms with Crippen LogP contribution in [0.25, 0.3) is 22.3 Å². The fraction of sp³-hybridized carbons (Fsp3) is 0.226. The van der Waals surface area contributed by atoms with Crippen LogP contribution in [0.2, 0.25) is 0 Å². The lowest BCUT2D eigenvalue weighted by molar-refractivity contribution is -0.0142. The van der Waals surface area contributed by atoms with Crippen LogP contribution in [-0.4, -0.2) is 23.4 Å². The van der Waals surface area contributed by atoms with Crippen LogP contribution in [0, 0.1) is 5.41 Å². The van der Waals surface area contributed by atoms with E-state index in [4.69, 9.17) is 9.47 Å². The van der Waals surface area contributed by atoms with Gasteiger partial charge in [-0.25, -0.2) is 0 Å². The van der Waals surface area contributed by atoms with E-state index in [1.165, 1.54) is 0 Å². The molecule has 4 heteroatoms. The molecule has 180 valence electrons. The largest absolute Gasteiger partial charge is 0.508 e. The molecule has 0 aromatic heterocycles. The van der Waals surface area contributed by atoms with Crippen molar-refractivity contribution in [3.05, 3.63) is 108 Å². The Morgan fingerprint density at radius 3 is 1.09 bits per heavy atom. The normalized spacial score (nSPS) is 11.5. The molecule has 0 atom stereocenters. The van der Waals surface area contributed by atoms with Gasteiger partial charge in [0.25, 0.3) is 0 Å². The van der Waals surface area contributed by atoms with Crippen LogP contribution in [-0.2, 0) is 22.7 Å². The van der Waals surface area contributed by atoms with Crippen LogP contribution in [0.4, 0.5) is 0 Å². The second kappa shape index (κ2) is 11.2. The lowest BCUT2D eigenvalue weighted by atomic mass is 9.96. The lowest BCUT2D eigenvalue weighted by Crippen LogP contribution is -2.25. The zero-order valence-corrected chi connectivity index (χ0v) is 20.3. The summed E-state index contributed by atoms with van der Waals surface area (Å²) in [6, 6.07) is 31.0. The van der Waals surface area contributed by atoms with Crippen molar-refractivity contribution in [2.75, 3.05) is 13.2 Å². The third kappa shape index (κ3) is 7.19. The minimum atomic E-state index is -0.0992. The van der Waals surface area contributed by atoms with E-state index >= 15 is 0 Å². The fourth-order valence-corrected chi connectivity index (χ4v) is 3.83. The van der Waals surface area contributed by atoms with Crippen LogP contribution < -0.4 is 0 Å². The smallest absolute Gasteiger partial charge is 0.115 e. The molecule has 2 N–H and O–H groups in total. The van der Waals surface area contributed by atoms with Gasteiger partial charge in [0, 0.05) is 5.41 Å². The van der Waals surface area contributed by atoms with Gasteiger partial charge in [-0.2, -0.15) is 0 Å². The van der Waals surface area contributed by atoms with Crippen molar-refractivity contribution in [3.63, 3.8) is 0 Å². The molecule has 0 bridgehead atoms. The molecule has 0 saturated heterocycles. The Hall–Kier alpha value is -3.60. The minimum absolute atomic E-state index is 0.0992. The monoisotopic (exact) mass is 468 g/mol. The van der Waals surface area contributed by atoms with Crippen molar-refractivity contribution < 1.29 is 19.7 Å². The molecule has 0 aliphatic rings. The van der Waals surface area contributed by atoms with E-state index in [1.807, 2.05) is 24.3 Å². The second-order valence-electron chi connectivity index (χ2n) is 9.64. The standard InChI is InChI=1S/C31H32O4/c1-31(2,21-34-19-23-3-7-25(8-4-23)27-11-15-29(32)16-12-27)22-35-20-24-5-9-26(10-6-24)28-13-17-30(33)18-14-28/h3-18,32-33H,19-22H2,1-2H3. The Balaban J connectivity index is 1.20. The molecule has 4 rings (SSSR count). The molecule has 4 aromatic rings. The number of ether oxygens (including phenoxy) is 2. The first-order chi connectivity index (χ1) is 16.9. The van der Waals surface area contributed by atoms with Gasteiger partial charge in [0.2, 0.25) is 0 Å². The van der Waals surface area contributed by atoms with E-state index in [1.54, 1.807) is 24.3 Å². The highest BCUT2D eigenvalue weighted by Crippen LogP contribution is 2.24. The minimum Gasteiger partial charge on any atom is -0.508 e. The third-order valence-corrected chi connectivity index (χ3v) is 5.83. The Kier molecular flexibility index (Phi) is 7.86. The summed E-state index contributed by atoms with van der Waals surface area (Å²) >= 11 is 0. The summed E-state index contributed by atoms with van der Waals surface area (Å²) in [6.07, 6.45) is 0. The van der Waals surface area contributed by atoms with E-state index in [2.05, 4.69) is 62.4 Å². The van der Waals surface area contributed by atoms with Crippen LogP contribution >= 0.6 is 0 Å². The Labute approximate surface area is 207 Å². The molecule has 4 aromatic carbocycles. The quantitative estimate of drug-likeness (QED) is 0.259. The maximum atomic E-state index is 9.45. The van der Waals surface area contributed by atoms with Crippen LogP contribution in [0.5, 0.6) is 11.5 Å². The summed E-state index contributed by atoms with van der Waals surface area (Å²) in [7, 11) is 0. The van der Waals surface area contributed by atoms with Crippen molar-refractivity contribution in [2.45, 2.75) is 27.1 Å². The zero-order valence-electron chi connectivity index (χ0n) is 20.3. The average Bonchev–Trinajstić information content (AvgIpc) is 2.86. The van der Waals surface area contributed by atoms with E-state index in [-0.39, 0.29) is 16.9 Å². The molecule has 0 aliphatic carbocycles. The second-order valence-corrected chi connectivity index (χ2v) is 9.64. The van der Waals surface area contributed by atoms with Gasteiger partial charge in [0.15, 0.2) is 0 Å². The topological polar surface area (TPSA) is 58.9 Å². The molecular weight excluding hydrogens is 436 g/mol. The first-order valence-electron chi connectivity index (χ1n) is 11.8. The van der Waals surface area contributed by atoms with Gasteiger partial charge in [-0.05, 0) is 57.6 Å². The summed E-state index contributed by atoms with van der Waals surface area (Å²) in [5.41, 5.74) is 6.51. The first-order valence-corrected chi connectivity index (χ1v) is 11.8. The summed E-state index contributed by atoms with van der Waals surface area (Å²) in [5, 5.41) is 18.9. The first kappa shape index (κ1) is 24.5. The molecule has 0 unspecified atom stereocenters. The Morgan fingerprint density at radius 1 is 0.486 bits per heavy atom. The number of aromatic hydroxyl groups is 2. The zero-order chi connectivity index (χ0) is 24.7. The summed E-state index contributed by atoms with van der Waals surface area (Å²) in [6.45, 7) is 6.61. The van der Waals surface area contributed by atoms with Gasteiger partial charge in [-0.3, -0.25) is 0 Å². The van der Waals surface area contributed by atoms with Crippen molar-refractivity contribution in [1.82, 2.24) is 0 Å². The summed E-state index contributed by atoms with van der Waals surface area (Å²) in [4.78, 5) is 0. The molecule has 0 amide bonds. The van der Waals surface area contributed by atoms with E-state index in [9.17, 15) is 10.2 Å². The number of rotatable bonds is 10. The maximum absolute atomic E-state index is 9.45. The van der Waals surface area contributed by atoms with Crippen molar-refractivity contribution in [2.24, 2.45) is 5.41 Å². The molecule has 0 heterocycles. The molecule has 0 spiro atoms. The van der Waals surface area contributed by atoms with Crippen LogP contribution in [0.3, 0.4) is 0 Å². The maximum Gasteiger partial charge on any atom is 0.115 e. The molecule has 0 aliphatic heterocycles. The van der Waals surface area contributed by atoms with Gasteiger partial charge >= 0.3 is 0 Å². The number of phenols is 2. The third-order valence-electron chi connectivity index (χ3n) is 5.83. The highest BCUT2D eigenvalue weighted by molar-refractivity contribution is 5.65. The van der Waals surface area contributed by atoms with Gasteiger partial charge in [-0.1, -0.05) is 86.6 Å². The Bertz CT molecular complexity index is 1100. The molecule has 0 radical (unpaired) electrons. The molecule has 35 heavy (non-hydrogen) atoms. The SMILES string of the molecule is CC(C)(COCc1ccc(-c2ccc(O)cc2)cc1)COCc1ccc(-c2ccc(O)cc2)cc1. The number of hydrogen-bond acceptors (Lipinski definition) is 4. The van der Waals surface area contributed by atoms with Crippen LogP contribution in [0.15, 0.2) is 97.1 Å². The molecular formula is C31H32O4. The van der Waals surface area contributed by atoms with E-state index in [0.29, 0.717) is 26.4 Å². The van der Waals surface area contributed by atoms with Crippen LogP contribution in [0.1, 0.15) is 25.0 Å². The van der Waals surface area contributed by atoms with E-state index < -0.39 is 0 Å². The highest BCUT2D eigenvalue weighted by atomic mass is 16.5. The summed E-state index contributed by atoms with van der Waals surface area (Å²) in [5.74, 6) is 0.544. The van der Waals surface area contributed by atoms with Gasteiger partial charge in [-0.15, -0.1) is 0 Å². The van der Waals surface area contributed by atoms with Crippen molar-refractivity contribution in [3.8, 4) is 33.8 Å². The number of phenolic OH excluding ortho intramolecular Hbond substituents is 2. The number of benzene rings is 4. The fourth-order valence-electron chi connectivity index (χ4n) is 3.83. The van der Waals surface area contributed by atoms with Gasteiger partial charge < -0.3 is 19.7 Å². The average molecular weight is 469 g/mol. The van der Waals surface area contributed by atoms with Gasteiger partial charge in [0.05, 0.1) is 26.4 Å². The van der Waals surface area contributed by atoms with E-state index in [0.717, 1.165) is 33.4 Å². The lowest BCUT2D eigenvalue weighted by Gasteiger charge is -2.24. The Morgan fingerprint density at radius 2 is 0.771 bits per heavy atom. The predicted octanol–water partition coefficient (Wildman–Crippen LogP) is 7.19. The predicted molar refractivity (Wildman–Crippen MR) is 140 cm³/mol. The summed E-state index contributed by atoms with van der Waals surface area (Å²) < 4.78 is 12.0. The number of hydrogen-bond donors (Lipinski definition) is 2. The highest BCUT2D eigenvalue weighted by Gasteiger charge is 2.18. The molecule has 0 fully saturated rings. The molecule has 4 nitrogen and oxygen atoms in total. The van der Waals surface area contributed by atoms with Crippen molar-refractivity contribution >= 4 is 0 Å². The van der Waals surface area contributed by atoms with Gasteiger partial charge in [0.1, 0.15) is 11.5 Å². The van der Waals surface area contributed by atoms with Crippen molar-refractivity contribution in [1.29, 1.82) is 0 Å². The molecule has 0 saturated carbocycles.